The molecule has 6 nitrogen and oxygen atoms in total. The first-order chi connectivity index (χ1) is 15.5. The van der Waals surface area contributed by atoms with Gasteiger partial charge in [-0.05, 0) is 36.6 Å². The summed E-state index contributed by atoms with van der Waals surface area (Å²) in [6.07, 6.45) is 1.51. The molecular weight excluding hydrogens is 456 g/mol. The predicted molar refractivity (Wildman–Crippen MR) is 141 cm³/mol. The SMILES string of the molecule is CCCCS(=O)(=O)Nc1ccc(-c2cc3ccccc3c(N3CCN(CC)CC3)n2)cc1.Cl. The number of benzene rings is 2. The Hall–Kier alpha value is -2.35. The van der Waals surface area contributed by atoms with Crippen LogP contribution in [0.5, 0.6) is 0 Å². The summed E-state index contributed by atoms with van der Waals surface area (Å²) in [5.74, 6) is 1.17. The standard InChI is InChI=1S/C25H32N4O2S.ClH/c1-3-5-18-32(30,31)27-22-12-10-20(11-13-22)24-19-21-8-6-7-9-23(21)25(26-24)29-16-14-28(4-2)15-17-29;/h6-13,19,27H,3-5,14-18H2,1-2H3;1H. The molecule has 0 atom stereocenters. The molecule has 2 heterocycles. The van der Waals surface area contributed by atoms with E-state index in [1.807, 2.05) is 31.2 Å². The quantitative estimate of drug-likeness (QED) is 0.483. The smallest absolute Gasteiger partial charge is 0.232 e. The number of pyridine rings is 1. The van der Waals surface area contributed by atoms with Crippen molar-refractivity contribution in [3.05, 3.63) is 54.6 Å². The summed E-state index contributed by atoms with van der Waals surface area (Å²) in [6, 6.07) is 18.0. The molecule has 1 aliphatic heterocycles. The zero-order chi connectivity index (χ0) is 22.6. The van der Waals surface area contributed by atoms with Crippen molar-refractivity contribution in [2.75, 3.05) is 48.1 Å². The van der Waals surface area contributed by atoms with Crippen LogP contribution in [-0.2, 0) is 10.0 Å². The molecule has 1 aliphatic rings. The number of sulfonamides is 1. The van der Waals surface area contributed by atoms with Crippen LogP contribution in [0.15, 0.2) is 54.6 Å². The third-order valence-electron chi connectivity index (χ3n) is 6.06. The van der Waals surface area contributed by atoms with Crippen LogP contribution in [0.3, 0.4) is 0 Å². The number of hydrogen-bond acceptors (Lipinski definition) is 5. The first kappa shape index (κ1) is 25.3. The maximum absolute atomic E-state index is 12.2. The Bertz CT molecular complexity index is 1160. The summed E-state index contributed by atoms with van der Waals surface area (Å²) >= 11 is 0. The van der Waals surface area contributed by atoms with Crippen molar-refractivity contribution in [1.82, 2.24) is 9.88 Å². The Morgan fingerprint density at radius 2 is 1.67 bits per heavy atom. The van der Waals surface area contributed by atoms with E-state index in [-0.39, 0.29) is 18.2 Å². The van der Waals surface area contributed by atoms with Gasteiger partial charge in [-0.3, -0.25) is 4.72 Å². The van der Waals surface area contributed by atoms with Crippen LogP contribution in [0.1, 0.15) is 26.7 Å². The Balaban J connectivity index is 0.00000306. The Labute approximate surface area is 203 Å². The van der Waals surface area contributed by atoms with Gasteiger partial charge in [-0.2, -0.15) is 0 Å². The second-order valence-corrected chi connectivity index (χ2v) is 10.2. The average molecular weight is 489 g/mol. The van der Waals surface area contributed by atoms with Crippen molar-refractivity contribution in [1.29, 1.82) is 0 Å². The predicted octanol–water partition coefficient (Wildman–Crippen LogP) is 5.01. The molecule has 3 aromatic rings. The highest BCUT2D eigenvalue weighted by molar-refractivity contribution is 7.92. The topological polar surface area (TPSA) is 65.5 Å². The van der Waals surface area contributed by atoms with Gasteiger partial charge in [-0.15, -0.1) is 12.4 Å². The van der Waals surface area contributed by atoms with Crippen molar-refractivity contribution in [3.63, 3.8) is 0 Å². The van der Waals surface area contributed by atoms with Crippen LogP contribution < -0.4 is 9.62 Å². The van der Waals surface area contributed by atoms with E-state index in [4.69, 9.17) is 4.98 Å². The number of likely N-dealkylation sites (N-methyl/N-ethyl adjacent to an activating group) is 1. The van der Waals surface area contributed by atoms with E-state index in [0.29, 0.717) is 12.1 Å². The minimum atomic E-state index is -3.31. The van der Waals surface area contributed by atoms with Crippen LogP contribution in [0.4, 0.5) is 11.5 Å². The van der Waals surface area contributed by atoms with Crippen molar-refractivity contribution in [2.24, 2.45) is 0 Å². The second-order valence-electron chi connectivity index (χ2n) is 8.33. The zero-order valence-corrected chi connectivity index (χ0v) is 21.0. The van der Waals surface area contributed by atoms with Gasteiger partial charge in [0.2, 0.25) is 10.0 Å². The van der Waals surface area contributed by atoms with Gasteiger partial charge in [0, 0.05) is 42.8 Å². The lowest BCUT2D eigenvalue weighted by molar-refractivity contribution is 0.271. The minimum Gasteiger partial charge on any atom is -0.354 e. The van der Waals surface area contributed by atoms with Crippen molar-refractivity contribution < 1.29 is 8.42 Å². The van der Waals surface area contributed by atoms with Gasteiger partial charge in [0.15, 0.2) is 0 Å². The summed E-state index contributed by atoms with van der Waals surface area (Å²) in [5.41, 5.74) is 2.46. The summed E-state index contributed by atoms with van der Waals surface area (Å²) < 4.78 is 27.1. The number of nitrogens with zero attached hydrogens (tertiary/aromatic N) is 3. The Morgan fingerprint density at radius 3 is 2.33 bits per heavy atom. The second kappa shape index (κ2) is 11.2. The van der Waals surface area contributed by atoms with E-state index in [2.05, 4.69) is 51.8 Å². The maximum Gasteiger partial charge on any atom is 0.232 e. The summed E-state index contributed by atoms with van der Waals surface area (Å²) in [4.78, 5) is 9.90. The fourth-order valence-corrected chi connectivity index (χ4v) is 5.39. The summed E-state index contributed by atoms with van der Waals surface area (Å²) in [7, 11) is -3.31. The number of hydrogen-bond donors (Lipinski definition) is 1. The highest BCUT2D eigenvalue weighted by atomic mass is 35.5. The van der Waals surface area contributed by atoms with Gasteiger partial charge in [0.05, 0.1) is 11.4 Å². The normalized spacial score (nSPS) is 14.8. The number of rotatable bonds is 8. The van der Waals surface area contributed by atoms with Crippen molar-refractivity contribution >= 4 is 44.7 Å². The van der Waals surface area contributed by atoms with Crippen LogP contribution >= 0.6 is 12.4 Å². The largest absolute Gasteiger partial charge is 0.354 e. The molecule has 1 N–H and O–H groups in total. The highest BCUT2D eigenvalue weighted by Crippen LogP contribution is 2.31. The van der Waals surface area contributed by atoms with Crippen LogP contribution in [0, 0.1) is 0 Å². The average Bonchev–Trinajstić information content (AvgIpc) is 2.82. The molecule has 2 aromatic carbocycles. The van der Waals surface area contributed by atoms with E-state index < -0.39 is 10.0 Å². The Kier molecular flexibility index (Phi) is 8.57. The van der Waals surface area contributed by atoms with E-state index in [9.17, 15) is 8.42 Å². The van der Waals surface area contributed by atoms with E-state index in [0.717, 1.165) is 61.6 Å². The molecule has 4 rings (SSSR count). The van der Waals surface area contributed by atoms with Crippen molar-refractivity contribution in [3.8, 4) is 11.3 Å². The number of unbranched alkanes of at least 4 members (excludes halogenated alkanes) is 1. The number of fused-ring (bicyclic) bond motifs is 1. The molecule has 0 spiro atoms. The van der Waals surface area contributed by atoms with Gasteiger partial charge in [-0.25, -0.2) is 13.4 Å². The number of aromatic nitrogens is 1. The molecule has 0 saturated carbocycles. The van der Waals surface area contributed by atoms with Gasteiger partial charge in [0.1, 0.15) is 5.82 Å². The van der Waals surface area contributed by atoms with Gasteiger partial charge in [-0.1, -0.05) is 56.7 Å². The van der Waals surface area contributed by atoms with Crippen LogP contribution in [-0.4, -0.2) is 56.8 Å². The molecule has 0 radical (unpaired) electrons. The molecular formula is C25H33ClN4O2S. The van der Waals surface area contributed by atoms with Gasteiger partial charge >= 0.3 is 0 Å². The fourth-order valence-electron chi connectivity index (χ4n) is 4.12. The van der Waals surface area contributed by atoms with Crippen molar-refractivity contribution in [2.45, 2.75) is 26.7 Å². The van der Waals surface area contributed by atoms with E-state index >= 15 is 0 Å². The minimum absolute atomic E-state index is 0. The molecule has 1 fully saturated rings. The van der Waals surface area contributed by atoms with Crippen LogP contribution in [0.25, 0.3) is 22.0 Å². The molecule has 8 heteroatoms. The third-order valence-corrected chi connectivity index (χ3v) is 7.43. The van der Waals surface area contributed by atoms with Gasteiger partial charge in [0.25, 0.3) is 0 Å². The lowest BCUT2D eigenvalue weighted by Gasteiger charge is -2.35. The number of halogens is 1. The monoisotopic (exact) mass is 488 g/mol. The number of anilines is 2. The van der Waals surface area contributed by atoms with Gasteiger partial charge < -0.3 is 9.80 Å². The first-order valence-corrected chi connectivity index (χ1v) is 13.1. The third kappa shape index (κ3) is 6.16. The molecule has 0 bridgehead atoms. The van der Waals surface area contributed by atoms with E-state index in [1.165, 1.54) is 5.39 Å². The lowest BCUT2D eigenvalue weighted by Crippen LogP contribution is -2.46. The highest BCUT2D eigenvalue weighted by Gasteiger charge is 2.20. The molecule has 1 aromatic heterocycles. The van der Waals surface area contributed by atoms with E-state index in [1.54, 1.807) is 0 Å². The fraction of sp³-hybridized carbons (Fsp3) is 0.400. The Morgan fingerprint density at radius 1 is 0.970 bits per heavy atom. The zero-order valence-electron chi connectivity index (χ0n) is 19.3. The first-order valence-electron chi connectivity index (χ1n) is 11.5. The number of nitrogens with one attached hydrogen (secondary N) is 1. The molecule has 33 heavy (non-hydrogen) atoms. The number of piperazine rings is 1. The lowest BCUT2D eigenvalue weighted by atomic mass is 10.1. The molecule has 178 valence electrons. The summed E-state index contributed by atoms with van der Waals surface area (Å²) in [5, 5.41) is 2.33. The molecule has 0 amide bonds. The maximum atomic E-state index is 12.2. The molecule has 1 saturated heterocycles. The summed E-state index contributed by atoms with van der Waals surface area (Å²) in [6.45, 7) is 9.29. The van der Waals surface area contributed by atoms with Crippen LogP contribution in [0.2, 0.25) is 0 Å². The molecule has 0 unspecified atom stereocenters. The molecule has 0 aliphatic carbocycles.